The van der Waals surface area contributed by atoms with Crippen LogP contribution >= 0.6 is 0 Å². The van der Waals surface area contributed by atoms with Gasteiger partial charge in [0.25, 0.3) is 10.1 Å². The van der Waals surface area contributed by atoms with Crippen LogP contribution in [0.2, 0.25) is 0 Å². The van der Waals surface area contributed by atoms with Gasteiger partial charge in [-0.05, 0) is 42.5 Å². The Bertz CT molecular complexity index is 1680. The zero-order valence-corrected chi connectivity index (χ0v) is 19.9. The SMILES string of the molecule is O=S(=O)(O)c1ccccc1-c1ccc(S(=O)(=O)c2ccccc2)cc1S(=O)(=O)c1ccccc1. The van der Waals surface area contributed by atoms with Crippen molar-refractivity contribution in [3.05, 3.63) is 103 Å². The number of hydrogen-bond acceptors (Lipinski definition) is 6. The van der Waals surface area contributed by atoms with Gasteiger partial charge in [0.2, 0.25) is 19.7 Å². The quantitative estimate of drug-likeness (QED) is 0.381. The van der Waals surface area contributed by atoms with Crippen LogP contribution in [0.4, 0.5) is 0 Å². The summed E-state index contributed by atoms with van der Waals surface area (Å²) in [6.07, 6.45) is 0. The van der Waals surface area contributed by atoms with Crippen molar-refractivity contribution in [2.24, 2.45) is 0 Å². The molecule has 0 amide bonds. The van der Waals surface area contributed by atoms with Crippen LogP contribution in [-0.2, 0) is 29.8 Å². The zero-order chi connectivity index (χ0) is 24.6. The van der Waals surface area contributed by atoms with Crippen LogP contribution in [0.25, 0.3) is 11.1 Å². The van der Waals surface area contributed by atoms with Gasteiger partial charge in [-0.25, -0.2) is 16.8 Å². The largest absolute Gasteiger partial charge is 0.295 e. The first-order chi connectivity index (χ1) is 16.0. The second-order valence-electron chi connectivity index (χ2n) is 7.26. The molecule has 4 aromatic carbocycles. The molecule has 4 aromatic rings. The van der Waals surface area contributed by atoms with Crippen LogP contribution in [0.5, 0.6) is 0 Å². The fourth-order valence-corrected chi connectivity index (χ4v) is 7.10. The number of sulfone groups is 2. The third-order valence-electron chi connectivity index (χ3n) is 5.12. The molecule has 0 fully saturated rings. The Morgan fingerprint density at radius 1 is 0.441 bits per heavy atom. The summed E-state index contributed by atoms with van der Waals surface area (Å²) in [7, 11) is -13.1. The average Bonchev–Trinajstić information content (AvgIpc) is 2.84. The standard InChI is InChI=1S/C24H18O7S3/c25-32(26,18-9-3-1-4-10-18)20-15-16-22(21-13-7-8-14-23(21)34(29,30)31)24(17-20)33(27,28)19-11-5-2-6-12-19/h1-17H,(H,29,30,31). The van der Waals surface area contributed by atoms with Gasteiger partial charge >= 0.3 is 0 Å². The van der Waals surface area contributed by atoms with Crippen molar-refractivity contribution in [3.63, 3.8) is 0 Å². The van der Waals surface area contributed by atoms with E-state index in [-0.39, 0.29) is 25.8 Å². The monoisotopic (exact) mass is 514 g/mol. The van der Waals surface area contributed by atoms with Crippen LogP contribution in [-0.4, -0.2) is 29.8 Å². The van der Waals surface area contributed by atoms with Crippen molar-refractivity contribution in [1.29, 1.82) is 0 Å². The molecule has 10 heteroatoms. The Hall–Kier alpha value is -3.31. The first-order valence-corrected chi connectivity index (χ1v) is 14.2. The molecule has 0 aliphatic carbocycles. The Balaban J connectivity index is 2.06. The van der Waals surface area contributed by atoms with Crippen LogP contribution in [0.3, 0.4) is 0 Å². The Morgan fingerprint density at radius 3 is 1.47 bits per heavy atom. The third kappa shape index (κ3) is 4.40. The lowest BCUT2D eigenvalue weighted by Crippen LogP contribution is -2.09. The number of hydrogen-bond donors (Lipinski definition) is 1. The fraction of sp³-hybridized carbons (Fsp3) is 0. The van der Waals surface area contributed by atoms with E-state index in [1.807, 2.05) is 0 Å². The minimum Gasteiger partial charge on any atom is -0.282 e. The molecule has 34 heavy (non-hydrogen) atoms. The second-order valence-corrected chi connectivity index (χ2v) is 12.5. The molecule has 174 valence electrons. The number of rotatable bonds is 6. The Kier molecular flexibility index (Phi) is 6.17. The van der Waals surface area contributed by atoms with E-state index in [4.69, 9.17) is 0 Å². The van der Waals surface area contributed by atoms with E-state index in [0.29, 0.717) is 0 Å². The summed E-state index contributed by atoms with van der Waals surface area (Å²) in [4.78, 5) is -1.31. The first-order valence-electron chi connectivity index (χ1n) is 9.84. The molecule has 0 spiro atoms. The molecule has 0 unspecified atom stereocenters. The lowest BCUT2D eigenvalue weighted by Gasteiger charge is -2.15. The fourth-order valence-electron chi connectivity index (χ4n) is 3.49. The highest BCUT2D eigenvalue weighted by Crippen LogP contribution is 2.37. The van der Waals surface area contributed by atoms with E-state index in [1.54, 1.807) is 24.3 Å². The lowest BCUT2D eigenvalue weighted by atomic mass is 10.1. The summed E-state index contributed by atoms with van der Waals surface area (Å²) in [5.41, 5.74) is -0.146. The van der Waals surface area contributed by atoms with E-state index < -0.39 is 39.6 Å². The van der Waals surface area contributed by atoms with Gasteiger partial charge in [0, 0.05) is 11.1 Å². The van der Waals surface area contributed by atoms with Crippen LogP contribution in [0.15, 0.2) is 128 Å². The van der Waals surface area contributed by atoms with Gasteiger partial charge in [0.1, 0.15) is 4.90 Å². The van der Waals surface area contributed by atoms with E-state index in [0.717, 1.165) is 12.1 Å². The van der Waals surface area contributed by atoms with E-state index >= 15 is 0 Å². The van der Waals surface area contributed by atoms with Crippen molar-refractivity contribution in [1.82, 2.24) is 0 Å². The summed E-state index contributed by atoms with van der Waals surface area (Å²) >= 11 is 0. The highest BCUT2D eigenvalue weighted by Gasteiger charge is 2.28. The van der Waals surface area contributed by atoms with Gasteiger partial charge < -0.3 is 0 Å². The molecule has 0 aliphatic heterocycles. The Morgan fingerprint density at radius 2 is 0.912 bits per heavy atom. The molecule has 7 nitrogen and oxygen atoms in total. The molecule has 0 heterocycles. The molecule has 4 rings (SSSR count). The molecular formula is C24H18O7S3. The zero-order valence-electron chi connectivity index (χ0n) is 17.4. The minimum absolute atomic E-state index is 0.0239. The molecule has 0 saturated heterocycles. The van der Waals surface area contributed by atoms with Gasteiger partial charge in [-0.1, -0.05) is 60.7 Å². The van der Waals surface area contributed by atoms with Gasteiger partial charge in [-0.2, -0.15) is 8.42 Å². The molecular weight excluding hydrogens is 496 g/mol. The maximum absolute atomic E-state index is 13.6. The third-order valence-corrected chi connectivity index (χ3v) is 9.60. The Labute approximate surface area is 197 Å². The maximum Gasteiger partial charge on any atom is 0.295 e. The van der Waals surface area contributed by atoms with E-state index in [9.17, 15) is 29.8 Å². The second kappa shape index (κ2) is 8.80. The molecule has 0 saturated carbocycles. The predicted molar refractivity (Wildman–Crippen MR) is 125 cm³/mol. The van der Waals surface area contributed by atoms with Crippen LogP contribution in [0, 0.1) is 0 Å². The normalized spacial score (nSPS) is 12.4. The molecule has 0 radical (unpaired) electrons. The molecule has 1 N–H and O–H groups in total. The smallest absolute Gasteiger partial charge is 0.282 e. The van der Waals surface area contributed by atoms with E-state index in [1.165, 1.54) is 66.7 Å². The summed E-state index contributed by atoms with van der Waals surface area (Å²) in [6, 6.07) is 23.7. The van der Waals surface area contributed by atoms with Crippen molar-refractivity contribution >= 4 is 29.8 Å². The van der Waals surface area contributed by atoms with Crippen LogP contribution in [0.1, 0.15) is 0 Å². The van der Waals surface area contributed by atoms with Crippen molar-refractivity contribution < 1.29 is 29.8 Å². The summed E-state index contributed by atoms with van der Waals surface area (Å²) in [5, 5.41) is 0. The predicted octanol–water partition coefficient (Wildman–Crippen LogP) is 4.27. The summed E-state index contributed by atoms with van der Waals surface area (Å²) in [6.45, 7) is 0. The molecule has 0 atom stereocenters. The van der Waals surface area contributed by atoms with Gasteiger partial charge in [0.05, 0.1) is 19.6 Å². The van der Waals surface area contributed by atoms with Crippen LogP contribution < -0.4 is 0 Å². The molecule has 0 aromatic heterocycles. The average molecular weight is 515 g/mol. The number of benzene rings is 4. The molecule has 0 bridgehead atoms. The highest BCUT2D eigenvalue weighted by atomic mass is 32.2. The first kappa shape index (κ1) is 23.8. The minimum atomic E-state index is -4.70. The lowest BCUT2D eigenvalue weighted by molar-refractivity contribution is 0.483. The van der Waals surface area contributed by atoms with Crippen molar-refractivity contribution in [2.45, 2.75) is 24.5 Å². The summed E-state index contributed by atoms with van der Waals surface area (Å²) in [5.74, 6) is 0. The van der Waals surface area contributed by atoms with Crippen molar-refractivity contribution in [2.75, 3.05) is 0 Å². The van der Waals surface area contributed by atoms with E-state index in [2.05, 4.69) is 0 Å². The van der Waals surface area contributed by atoms with Gasteiger partial charge in [0.15, 0.2) is 0 Å². The topological polar surface area (TPSA) is 123 Å². The van der Waals surface area contributed by atoms with Gasteiger partial charge in [-0.15, -0.1) is 0 Å². The maximum atomic E-state index is 13.6. The van der Waals surface area contributed by atoms with Crippen molar-refractivity contribution in [3.8, 4) is 11.1 Å². The highest BCUT2D eigenvalue weighted by molar-refractivity contribution is 7.92. The van der Waals surface area contributed by atoms with Gasteiger partial charge in [-0.3, -0.25) is 4.55 Å². The summed E-state index contributed by atoms with van der Waals surface area (Å²) < 4.78 is 87.2. The molecule has 0 aliphatic rings.